The Morgan fingerprint density at radius 1 is 1.07 bits per heavy atom. The van der Waals surface area contributed by atoms with E-state index >= 15 is 0 Å². The largest absolute Gasteiger partial charge is 0.548 e. The predicted octanol–water partition coefficient (Wildman–Crippen LogP) is -0.824. The molecule has 3 aliphatic heterocycles. The molecule has 2 saturated heterocycles. The summed E-state index contributed by atoms with van der Waals surface area (Å²) < 4.78 is 0. The molecule has 0 aliphatic carbocycles. The summed E-state index contributed by atoms with van der Waals surface area (Å²) in [6, 6.07) is 3.67. The van der Waals surface area contributed by atoms with Crippen molar-refractivity contribution in [1.29, 1.82) is 0 Å². The summed E-state index contributed by atoms with van der Waals surface area (Å²) in [4.78, 5) is 64.2. The highest BCUT2D eigenvalue weighted by Crippen LogP contribution is 2.33. The van der Waals surface area contributed by atoms with Gasteiger partial charge in [0.15, 0.2) is 0 Å². The molecule has 0 unspecified atom stereocenters. The molecule has 146 valence electrons. The van der Waals surface area contributed by atoms with Crippen molar-refractivity contribution < 1.29 is 29.1 Å². The Balaban J connectivity index is 1.78. The van der Waals surface area contributed by atoms with Gasteiger partial charge in [0.1, 0.15) is 6.04 Å². The molecule has 1 aromatic rings. The molecule has 1 aromatic carbocycles. The number of carboxylic acid groups (broad SMARTS) is 1. The van der Waals surface area contributed by atoms with Crippen molar-refractivity contribution in [2.24, 2.45) is 5.92 Å². The zero-order chi connectivity index (χ0) is 20.2. The number of rotatable bonds is 2. The minimum absolute atomic E-state index is 0.0833. The highest BCUT2D eigenvalue weighted by atomic mass is 16.4. The summed E-state index contributed by atoms with van der Waals surface area (Å²) >= 11 is 0. The van der Waals surface area contributed by atoms with Gasteiger partial charge in [0.25, 0.3) is 17.7 Å². The van der Waals surface area contributed by atoms with Crippen LogP contribution in [-0.4, -0.2) is 63.1 Å². The third-order valence-electron chi connectivity index (χ3n) is 5.58. The van der Waals surface area contributed by atoms with Gasteiger partial charge in [-0.05, 0) is 30.9 Å². The predicted molar refractivity (Wildman–Crippen MR) is 91.1 cm³/mol. The van der Waals surface area contributed by atoms with Crippen LogP contribution in [0.4, 0.5) is 0 Å². The van der Waals surface area contributed by atoms with Crippen molar-refractivity contribution in [3.63, 3.8) is 0 Å². The number of benzene rings is 1. The van der Waals surface area contributed by atoms with E-state index in [4.69, 9.17) is 0 Å². The van der Waals surface area contributed by atoms with E-state index in [0.29, 0.717) is 6.42 Å². The van der Waals surface area contributed by atoms with Crippen LogP contribution in [0.1, 0.15) is 46.9 Å². The third-order valence-corrected chi connectivity index (χ3v) is 5.58. The van der Waals surface area contributed by atoms with Crippen molar-refractivity contribution in [2.45, 2.75) is 38.3 Å². The Kier molecular flexibility index (Phi) is 4.17. The van der Waals surface area contributed by atoms with Gasteiger partial charge in [-0.15, -0.1) is 0 Å². The maximum atomic E-state index is 13.4. The van der Waals surface area contributed by atoms with Gasteiger partial charge in [-0.25, -0.2) is 5.01 Å². The lowest BCUT2D eigenvalue weighted by Gasteiger charge is -2.44. The molecule has 4 amide bonds. The lowest BCUT2D eigenvalue weighted by Crippen LogP contribution is -2.64. The maximum absolute atomic E-state index is 13.4. The van der Waals surface area contributed by atoms with Crippen molar-refractivity contribution in [3.8, 4) is 0 Å². The number of carbonyl (C=O) groups excluding carboxylic acids is 5. The van der Waals surface area contributed by atoms with E-state index in [2.05, 4.69) is 0 Å². The first-order valence-electron chi connectivity index (χ1n) is 9.14. The van der Waals surface area contributed by atoms with Gasteiger partial charge in [-0.3, -0.25) is 29.1 Å². The summed E-state index contributed by atoms with van der Waals surface area (Å²) in [7, 11) is 0. The SMILES string of the molecule is C[C@H]1CC(=O)N2CCC[C@@H](C(=O)[O-])N2C(=O)[C@H]1N1C(=O)c2ccccc2C1=O. The fraction of sp³-hybridized carbons (Fsp3) is 0.421. The third kappa shape index (κ3) is 2.49. The minimum atomic E-state index is -1.47. The maximum Gasteiger partial charge on any atom is 0.265 e. The van der Waals surface area contributed by atoms with Crippen LogP contribution >= 0.6 is 0 Å². The van der Waals surface area contributed by atoms with Gasteiger partial charge in [-0.2, -0.15) is 0 Å². The fourth-order valence-electron chi connectivity index (χ4n) is 4.26. The molecule has 3 heterocycles. The Bertz CT molecular complexity index is 878. The summed E-state index contributed by atoms with van der Waals surface area (Å²) in [6.45, 7) is 1.81. The average Bonchev–Trinajstić information content (AvgIpc) is 2.87. The van der Waals surface area contributed by atoms with E-state index in [0.717, 1.165) is 14.9 Å². The van der Waals surface area contributed by atoms with Crippen LogP contribution in [0, 0.1) is 5.92 Å². The highest BCUT2D eigenvalue weighted by Gasteiger charge is 2.51. The molecule has 9 heteroatoms. The Labute approximate surface area is 160 Å². The van der Waals surface area contributed by atoms with Crippen LogP contribution in [0.25, 0.3) is 0 Å². The van der Waals surface area contributed by atoms with Crippen molar-refractivity contribution >= 4 is 29.6 Å². The standard InChI is InChI=1S/C19H19N3O6/c1-10-9-14(23)20-8-4-7-13(19(27)28)22(20)18(26)15(10)21-16(24)11-5-2-3-6-12(11)17(21)25/h2-3,5-6,10,13,15H,4,7-9H2,1H3,(H,27,28)/p-1/t10-,13-,15-/m0/s1. The van der Waals surface area contributed by atoms with Crippen LogP contribution in [0.15, 0.2) is 24.3 Å². The number of hydrazine groups is 1. The Morgan fingerprint density at radius 3 is 2.25 bits per heavy atom. The molecule has 0 bridgehead atoms. The number of carbonyl (C=O) groups is 5. The molecule has 0 radical (unpaired) electrons. The lowest BCUT2D eigenvalue weighted by atomic mass is 9.95. The zero-order valence-electron chi connectivity index (χ0n) is 15.2. The molecule has 4 rings (SSSR count). The normalized spacial score (nSPS) is 27.6. The molecule has 3 atom stereocenters. The topological polar surface area (TPSA) is 118 Å². The number of aliphatic carboxylic acids is 1. The van der Waals surface area contributed by atoms with E-state index < -0.39 is 47.6 Å². The second kappa shape index (κ2) is 6.43. The van der Waals surface area contributed by atoms with Crippen LogP contribution in [0.5, 0.6) is 0 Å². The van der Waals surface area contributed by atoms with Crippen molar-refractivity contribution in [2.75, 3.05) is 6.54 Å². The van der Waals surface area contributed by atoms with Gasteiger partial charge < -0.3 is 9.90 Å². The lowest BCUT2D eigenvalue weighted by molar-refractivity contribution is -0.315. The van der Waals surface area contributed by atoms with Crippen LogP contribution < -0.4 is 5.11 Å². The molecule has 0 N–H and O–H groups in total. The molecular formula is C19H18N3O6-. The summed E-state index contributed by atoms with van der Waals surface area (Å²) in [5.41, 5.74) is 0.380. The Hall–Kier alpha value is -3.23. The van der Waals surface area contributed by atoms with Gasteiger partial charge >= 0.3 is 0 Å². The quantitative estimate of drug-likeness (QED) is 0.615. The number of nitrogens with zero attached hydrogens (tertiary/aromatic N) is 3. The molecule has 28 heavy (non-hydrogen) atoms. The number of imide groups is 1. The first kappa shape index (κ1) is 18.1. The molecule has 0 spiro atoms. The number of carboxylic acids is 1. The molecule has 2 fully saturated rings. The minimum Gasteiger partial charge on any atom is -0.548 e. The van der Waals surface area contributed by atoms with Gasteiger partial charge in [0, 0.05) is 13.0 Å². The summed E-state index contributed by atoms with van der Waals surface area (Å²) in [6.07, 6.45) is 0.474. The van der Waals surface area contributed by atoms with Crippen molar-refractivity contribution in [3.05, 3.63) is 35.4 Å². The van der Waals surface area contributed by atoms with Crippen LogP contribution in [0.2, 0.25) is 0 Å². The second-order valence-electron chi connectivity index (χ2n) is 7.33. The second-order valence-corrected chi connectivity index (χ2v) is 7.33. The molecular weight excluding hydrogens is 366 g/mol. The number of fused-ring (bicyclic) bond motifs is 2. The highest BCUT2D eigenvalue weighted by molar-refractivity contribution is 6.23. The van der Waals surface area contributed by atoms with Crippen LogP contribution in [0.3, 0.4) is 0 Å². The van der Waals surface area contributed by atoms with Crippen molar-refractivity contribution in [1.82, 2.24) is 14.9 Å². The van der Waals surface area contributed by atoms with Gasteiger partial charge in [0.05, 0.1) is 23.1 Å². The number of hydrogen-bond acceptors (Lipinski definition) is 6. The monoisotopic (exact) mass is 384 g/mol. The molecule has 0 saturated carbocycles. The summed E-state index contributed by atoms with van der Waals surface area (Å²) in [5, 5.41) is 13.6. The van der Waals surface area contributed by atoms with Crippen LogP contribution in [-0.2, 0) is 14.4 Å². The number of amides is 4. The summed E-state index contributed by atoms with van der Waals surface area (Å²) in [5.74, 6) is -4.52. The first-order valence-corrected chi connectivity index (χ1v) is 9.14. The first-order chi connectivity index (χ1) is 13.3. The van der Waals surface area contributed by atoms with E-state index in [1.165, 1.54) is 12.1 Å². The Morgan fingerprint density at radius 2 is 1.68 bits per heavy atom. The zero-order valence-corrected chi connectivity index (χ0v) is 15.2. The van der Waals surface area contributed by atoms with Gasteiger partial charge in [-0.1, -0.05) is 19.1 Å². The van der Waals surface area contributed by atoms with E-state index in [1.54, 1.807) is 19.1 Å². The van der Waals surface area contributed by atoms with E-state index in [-0.39, 0.29) is 30.5 Å². The average molecular weight is 384 g/mol. The molecule has 3 aliphatic rings. The fourth-order valence-corrected chi connectivity index (χ4v) is 4.26. The smallest absolute Gasteiger partial charge is 0.265 e. The van der Waals surface area contributed by atoms with E-state index in [9.17, 15) is 29.1 Å². The van der Waals surface area contributed by atoms with E-state index in [1.807, 2.05) is 0 Å². The van der Waals surface area contributed by atoms with Gasteiger partial charge in [0.2, 0.25) is 5.91 Å². The number of hydrogen-bond donors (Lipinski definition) is 0. The molecule has 0 aromatic heterocycles. The molecule has 9 nitrogen and oxygen atoms in total.